The summed E-state index contributed by atoms with van der Waals surface area (Å²) in [7, 11) is 2.28. The number of piperidine rings is 2. The summed E-state index contributed by atoms with van der Waals surface area (Å²) in [5, 5.41) is 3.48. The molecule has 1 N–H and O–H groups in total. The summed E-state index contributed by atoms with van der Waals surface area (Å²) in [6, 6.07) is 0.894. The summed E-state index contributed by atoms with van der Waals surface area (Å²) in [6.07, 6.45) is 4.21. The molecular formula is C9H18N2. The minimum atomic E-state index is 0.894. The first-order chi connectivity index (χ1) is 5.38. The van der Waals surface area contributed by atoms with Gasteiger partial charge in [0, 0.05) is 6.04 Å². The zero-order valence-electron chi connectivity index (χ0n) is 7.34. The van der Waals surface area contributed by atoms with E-state index in [0.717, 1.165) is 12.0 Å². The summed E-state index contributed by atoms with van der Waals surface area (Å²) >= 11 is 0. The first kappa shape index (κ1) is 7.56. The minimum absolute atomic E-state index is 0.894. The van der Waals surface area contributed by atoms with E-state index < -0.39 is 0 Å². The van der Waals surface area contributed by atoms with Gasteiger partial charge in [-0.15, -0.1) is 0 Å². The largest absolute Gasteiger partial charge is 0.316 e. The van der Waals surface area contributed by atoms with Crippen LogP contribution in [0, 0.1) is 5.92 Å². The molecule has 0 unspecified atom stereocenters. The van der Waals surface area contributed by atoms with E-state index in [1.165, 1.54) is 38.9 Å². The highest BCUT2D eigenvalue weighted by Gasteiger charge is 2.30. The predicted molar refractivity (Wildman–Crippen MR) is 46.6 cm³/mol. The molecule has 11 heavy (non-hydrogen) atoms. The number of nitrogens with one attached hydrogen (secondary N) is 1. The van der Waals surface area contributed by atoms with Crippen LogP contribution in [0.3, 0.4) is 0 Å². The molecule has 0 bridgehead atoms. The van der Waals surface area contributed by atoms with Gasteiger partial charge in [-0.1, -0.05) is 0 Å². The standard InChI is InChI=1S/C9H18N2/c1-11-6-2-3-8-7-10-5-4-9(8)11/h8-10H,2-7H2,1H3/t8-,9+/m0/s1. The Hall–Kier alpha value is -0.0800. The number of hydrogen-bond acceptors (Lipinski definition) is 2. The second kappa shape index (κ2) is 3.11. The third-order valence-electron chi connectivity index (χ3n) is 3.22. The zero-order valence-corrected chi connectivity index (χ0v) is 7.34. The van der Waals surface area contributed by atoms with Crippen molar-refractivity contribution in [1.82, 2.24) is 10.2 Å². The highest BCUT2D eigenvalue weighted by molar-refractivity contribution is 4.87. The first-order valence-electron chi connectivity index (χ1n) is 4.79. The number of hydrogen-bond donors (Lipinski definition) is 1. The Balaban J connectivity index is 1.99. The second-order valence-electron chi connectivity index (χ2n) is 3.94. The topological polar surface area (TPSA) is 15.3 Å². The van der Waals surface area contributed by atoms with Crippen LogP contribution < -0.4 is 5.32 Å². The van der Waals surface area contributed by atoms with Crippen LogP contribution in [0.2, 0.25) is 0 Å². The maximum Gasteiger partial charge on any atom is 0.0145 e. The Morgan fingerprint density at radius 2 is 2.27 bits per heavy atom. The Kier molecular flexibility index (Phi) is 2.14. The molecule has 2 heteroatoms. The average molecular weight is 154 g/mol. The summed E-state index contributed by atoms with van der Waals surface area (Å²) < 4.78 is 0. The normalized spacial score (nSPS) is 40.1. The van der Waals surface area contributed by atoms with Gasteiger partial charge in [0.25, 0.3) is 0 Å². The fraction of sp³-hybridized carbons (Fsp3) is 1.00. The van der Waals surface area contributed by atoms with Crippen molar-refractivity contribution in [3.8, 4) is 0 Å². The summed E-state index contributed by atoms with van der Waals surface area (Å²) in [4.78, 5) is 2.55. The molecule has 0 aliphatic carbocycles. The van der Waals surface area contributed by atoms with E-state index in [-0.39, 0.29) is 0 Å². The van der Waals surface area contributed by atoms with E-state index >= 15 is 0 Å². The van der Waals surface area contributed by atoms with E-state index in [2.05, 4.69) is 17.3 Å². The molecule has 2 nitrogen and oxygen atoms in total. The summed E-state index contributed by atoms with van der Waals surface area (Å²) in [5.41, 5.74) is 0. The number of rotatable bonds is 0. The van der Waals surface area contributed by atoms with Gasteiger partial charge < -0.3 is 10.2 Å². The zero-order chi connectivity index (χ0) is 7.68. The van der Waals surface area contributed by atoms with Crippen molar-refractivity contribution in [1.29, 1.82) is 0 Å². The van der Waals surface area contributed by atoms with Crippen molar-refractivity contribution in [2.24, 2.45) is 5.92 Å². The monoisotopic (exact) mass is 154 g/mol. The van der Waals surface area contributed by atoms with Gasteiger partial charge in [0.15, 0.2) is 0 Å². The molecule has 0 aromatic carbocycles. The molecule has 64 valence electrons. The van der Waals surface area contributed by atoms with Gasteiger partial charge >= 0.3 is 0 Å². The van der Waals surface area contributed by atoms with E-state index in [0.29, 0.717) is 0 Å². The molecule has 2 saturated heterocycles. The molecule has 2 heterocycles. The lowest BCUT2D eigenvalue weighted by Crippen LogP contribution is -2.51. The molecule has 0 spiro atoms. The van der Waals surface area contributed by atoms with Gasteiger partial charge in [0.1, 0.15) is 0 Å². The molecule has 2 fully saturated rings. The van der Waals surface area contributed by atoms with E-state index in [4.69, 9.17) is 0 Å². The van der Waals surface area contributed by atoms with Crippen LogP contribution in [0.5, 0.6) is 0 Å². The lowest BCUT2D eigenvalue weighted by molar-refractivity contribution is 0.0933. The molecule has 0 radical (unpaired) electrons. The van der Waals surface area contributed by atoms with Crippen molar-refractivity contribution in [3.63, 3.8) is 0 Å². The number of likely N-dealkylation sites (tertiary alicyclic amines) is 1. The van der Waals surface area contributed by atoms with Crippen LogP contribution in [-0.4, -0.2) is 37.6 Å². The van der Waals surface area contributed by atoms with Crippen molar-refractivity contribution in [2.75, 3.05) is 26.7 Å². The average Bonchev–Trinajstić information content (AvgIpc) is 2.06. The highest BCUT2D eigenvalue weighted by Crippen LogP contribution is 2.25. The Labute approximate surface area is 69.0 Å². The van der Waals surface area contributed by atoms with Crippen molar-refractivity contribution < 1.29 is 0 Å². The van der Waals surface area contributed by atoms with Crippen LogP contribution in [0.25, 0.3) is 0 Å². The number of nitrogens with zero attached hydrogens (tertiary/aromatic N) is 1. The third-order valence-corrected chi connectivity index (χ3v) is 3.22. The van der Waals surface area contributed by atoms with Gasteiger partial charge in [-0.2, -0.15) is 0 Å². The maximum absolute atomic E-state index is 3.48. The minimum Gasteiger partial charge on any atom is -0.316 e. The van der Waals surface area contributed by atoms with Crippen molar-refractivity contribution in [2.45, 2.75) is 25.3 Å². The molecule has 2 aliphatic heterocycles. The molecule has 0 amide bonds. The van der Waals surface area contributed by atoms with Crippen molar-refractivity contribution in [3.05, 3.63) is 0 Å². The van der Waals surface area contributed by atoms with Crippen LogP contribution in [0.15, 0.2) is 0 Å². The molecule has 0 aromatic heterocycles. The molecule has 0 aromatic rings. The number of fused-ring (bicyclic) bond motifs is 1. The summed E-state index contributed by atoms with van der Waals surface area (Å²) in [6.45, 7) is 3.81. The van der Waals surface area contributed by atoms with Gasteiger partial charge in [-0.3, -0.25) is 0 Å². The Bertz CT molecular complexity index is 134. The van der Waals surface area contributed by atoms with Gasteiger partial charge in [0.2, 0.25) is 0 Å². The van der Waals surface area contributed by atoms with Gasteiger partial charge in [-0.05, 0) is 51.9 Å². The van der Waals surface area contributed by atoms with Crippen LogP contribution in [0.4, 0.5) is 0 Å². The van der Waals surface area contributed by atoms with Crippen LogP contribution in [-0.2, 0) is 0 Å². The first-order valence-corrected chi connectivity index (χ1v) is 4.79. The van der Waals surface area contributed by atoms with E-state index in [1.807, 2.05) is 0 Å². The highest BCUT2D eigenvalue weighted by atomic mass is 15.2. The van der Waals surface area contributed by atoms with Crippen LogP contribution >= 0.6 is 0 Å². The van der Waals surface area contributed by atoms with Crippen molar-refractivity contribution >= 4 is 0 Å². The second-order valence-corrected chi connectivity index (χ2v) is 3.94. The van der Waals surface area contributed by atoms with Gasteiger partial charge in [0.05, 0.1) is 0 Å². The SMILES string of the molecule is CN1CCC[C@H]2CNCC[C@H]21. The quantitative estimate of drug-likeness (QED) is 0.552. The molecule has 0 saturated carbocycles. The Morgan fingerprint density at radius 1 is 1.36 bits per heavy atom. The fourth-order valence-electron chi connectivity index (χ4n) is 2.55. The van der Waals surface area contributed by atoms with E-state index in [1.54, 1.807) is 0 Å². The third kappa shape index (κ3) is 1.42. The van der Waals surface area contributed by atoms with Crippen LogP contribution in [0.1, 0.15) is 19.3 Å². The fourth-order valence-corrected chi connectivity index (χ4v) is 2.55. The van der Waals surface area contributed by atoms with Gasteiger partial charge in [-0.25, -0.2) is 0 Å². The molecule has 2 atom stereocenters. The summed E-state index contributed by atoms with van der Waals surface area (Å²) in [5.74, 6) is 0.947. The lowest BCUT2D eigenvalue weighted by Gasteiger charge is -2.42. The molecular weight excluding hydrogens is 136 g/mol. The molecule has 2 rings (SSSR count). The molecule has 2 aliphatic rings. The smallest absolute Gasteiger partial charge is 0.0145 e. The van der Waals surface area contributed by atoms with E-state index in [9.17, 15) is 0 Å². The lowest BCUT2D eigenvalue weighted by atomic mass is 9.85. The predicted octanol–water partition coefficient (Wildman–Crippen LogP) is 0.690. The maximum atomic E-state index is 3.48. The Morgan fingerprint density at radius 3 is 3.09 bits per heavy atom.